The Balaban J connectivity index is 1.83. The van der Waals surface area contributed by atoms with E-state index in [1.807, 2.05) is 0 Å². The lowest BCUT2D eigenvalue weighted by molar-refractivity contribution is -0.287. The minimum atomic E-state index is -1.64. The van der Waals surface area contributed by atoms with Crippen LogP contribution in [-0.2, 0) is 33.3 Å². The molecular weight excluding hydrogens is 432 g/mol. The third-order valence-electron chi connectivity index (χ3n) is 6.13. The van der Waals surface area contributed by atoms with Crippen molar-refractivity contribution in [2.24, 2.45) is 11.8 Å². The Bertz CT molecular complexity index is 626. The molecule has 0 bridgehead atoms. The summed E-state index contributed by atoms with van der Waals surface area (Å²) in [6.45, 7) is 2.92. The van der Waals surface area contributed by atoms with E-state index in [0.717, 1.165) is 0 Å². The highest BCUT2D eigenvalue weighted by atomic mass is 16.7. The van der Waals surface area contributed by atoms with Gasteiger partial charge in [-0.2, -0.15) is 0 Å². The van der Waals surface area contributed by atoms with E-state index in [-0.39, 0.29) is 19.4 Å². The summed E-state index contributed by atoms with van der Waals surface area (Å²) in [6, 6.07) is 0. The molecule has 0 amide bonds. The van der Waals surface area contributed by atoms with Crippen molar-refractivity contribution in [3.05, 3.63) is 0 Å². The number of ether oxygens (including phenoxy) is 5. The maximum atomic E-state index is 12.4. The summed E-state index contributed by atoms with van der Waals surface area (Å²) in [4.78, 5) is 24.4. The largest absolute Gasteiger partial charge is 0.463 e. The molecule has 0 spiro atoms. The van der Waals surface area contributed by atoms with Crippen LogP contribution in [0.1, 0.15) is 26.7 Å². The zero-order chi connectivity index (χ0) is 24.2. The fourth-order valence-electron chi connectivity index (χ4n) is 3.84. The molecule has 0 aromatic heterocycles. The second kappa shape index (κ2) is 11.8. The van der Waals surface area contributed by atoms with Gasteiger partial charge in [-0.3, -0.25) is 9.59 Å². The van der Waals surface area contributed by atoms with Crippen LogP contribution in [-0.4, -0.2) is 113 Å². The number of rotatable bonds is 9. The van der Waals surface area contributed by atoms with Crippen molar-refractivity contribution >= 4 is 11.8 Å². The maximum absolute atomic E-state index is 12.4. The topological polar surface area (TPSA) is 181 Å². The minimum Gasteiger partial charge on any atom is -0.463 e. The van der Waals surface area contributed by atoms with Crippen LogP contribution in [0.4, 0.5) is 0 Å². The molecule has 0 aromatic rings. The van der Waals surface area contributed by atoms with Crippen molar-refractivity contribution < 1.29 is 58.8 Å². The fourth-order valence-corrected chi connectivity index (χ4v) is 3.84. The molecule has 2 saturated heterocycles. The molecule has 11 atom stereocenters. The first-order chi connectivity index (χ1) is 15.0. The summed E-state index contributed by atoms with van der Waals surface area (Å²) in [5.41, 5.74) is 0. The first kappa shape index (κ1) is 27.0. The molecule has 0 aromatic carbocycles. The Kier molecular flexibility index (Phi) is 9.94. The van der Waals surface area contributed by atoms with Crippen molar-refractivity contribution in [3.8, 4) is 0 Å². The van der Waals surface area contributed by atoms with Gasteiger partial charge in [0.1, 0.15) is 24.9 Å². The zero-order valence-electron chi connectivity index (χ0n) is 18.6. The highest BCUT2D eigenvalue weighted by Crippen LogP contribution is 2.29. The second-order valence-corrected chi connectivity index (χ2v) is 8.26. The summed E-state index contributed by atoms with van der Waals surface area (Å²) in [7, 11) is 2.56. The molecule has 32 heavy (non-hydrogen) atoms. The Morgan fingerprint density at radius 3 is 1.94 bits per heavy atom. The van der Waals surface area contributed by atoms with E-state index in [1.54, 1.807) is 6.92 Å². The zero-order valence-corrected chi connectivity index (χ0v) is 18.6. The van der Waals surface area contributed by atoms with Gasteiger partial charge in [-0.15, -0.1) is 0 Å². The molecule has 0 aliphatic carbocycles. The number of methoxy groups -OCH3 is 2. The number of esters is 1. The number of carbonyl (C=O) groups is 2. The van der Waals surface area contributed by atoms with E-state index in [0.29, 0.717) is 0 Å². The third kappa shape index (κ3) is 6.01. The van der Waals surface area contributed by atoms with Crippen LogP contribution in [0.3, 0.4) is 0 Å². The molecule has 5 unspecified atom stereocenters. The van der Waals surface area contributed by atoms with Gasteiger partial charge in [0.15, 0.2) is 18.4 Å². The van der Waals surface area contributed by atoms with Gasteiger partial charge in [-0.1, -0.05) is 13.8 Å². The van der Waals surface area contributed by atoms with Gasteiger partial charge in [0.2, 0.25) is 0 Å². The van der Waals surface area contributed by atoms with Crippen LogP contribution < -0.4 is 0 Å². The Labute approximate surface area is 186 Å². The highest BCUT2D eigenvalue weighted by Gasteiger charge is 2.47. The van der Waals surface area contributed by atoms with Crippen LogP contribution in [0.2, 0.25) is 0 Å². The predicted molar refractivity (Wildman–Crippen MR) is 105 cm³/mol. The van der Waals surface area contributed by atoms with Gasteiger partial charge in [0.05, 0.1) is 30.8 Å². The standard InChI is InChI=1S/C20H34O12/c1-8-11(31-19(28-3)16(26)13(8)23)7-30-12(22)6-5-10(21)15(25)18-9(2)14(24)17(27)20(29-4)32-18/h8-9,11,13-20,23-27H,5-7H2,1-4H3/t8-,9+,11?,13+,14+,15?,16?,17?,18?,19+,20+/m0/s1. The summed E-state index contributed by atoms with van der Waals surface area (Å²) in [5, 5.41) is 50.3. The van der Waals surface area contributed by atoms with Crippen molar-refractivity contribution in [2.45, 2.75) is 82.0 Å². The molecule has 0 radical (unpaired) electrons. The van der Waals surface area contributed by atoms with Crippen molar-refractivity contribution in [1.29, 1.82) is 0 Å². The average Bonchev–Trinajstić information content (AvgIpc) is 2.78. The molecule has 2 rings (SSSR count). The van der Waals surface area contributed by atoms with Crippen molar-refractivity contribution in [1.82, 2.24) is 0 Å². The first-order valence-corrected chi connectivity index (χ1v) is 10.5. The molecule has 12 heteroatoms. The lowest BCUT2D eigenvalue weighted by Gasteiger charge is -2.42. The molecular formula is C20H34O12. The number of carbonyl (C=O) groups excluding carboxylic acids is 2. The fraction of sp³-hybridized carbons (Fsp3) is 0.900. The van der Waals surface area contributed by atoms with Crippen LogP contribution >= 0.6 is 0 Å². The quantitative estimate of drug-likeness (QED) is 0.230. The predicted octanol–water partition coefficient (Wildman–Crippen LogP) is -2.30. The summed E-state index contributed by atoms with van der Waals surface area (Å²) >= 11 is 0. The molecule has 0 saturated carbocycles. The normalized spacial score (nSPS) is 41.2. The average molecular weight is 466 g/mol. The lowest BCUT2D eigenvalue weighted by atomic mass is 9.86. The van der Waals surface area contributed by atoms with Crippen LogP contribution in [0.15, 0.2) is 0 Å². The summed E-state index contributed by atoms with van der Waals surface area (Å²) in [5.74, 6) is -2.72. The lowest BCUT2D eigenvalue weighted by Crippen LogP contribution is -2.58. The maximum Gasteiger partial charge on any atom is 0.306 e. The van der Waals surface area contributed by atoms with E-state index in [1.165, 1.54) is 21.1 Å². The SMILES string of the molecule is CO[C@@H]1OC(COC(=O)CCC(=O)C(O)C2O[C@@H](OC)C(O)[C@H](O)[C@H]2C)[C@H](C)[C@@H](O)C1O. The van der Waals surface area contributed by atoms with Gasteiger partial charge in [-0.25, -0.2) is 0 Å². The molecule has 2 aliphatic rings. The minimum absolute atomic E-state index is 0.219. The third-order valence-corrected chi connectivity index (χ3v) is 6.13. The highest BCUT2D eigenvalue weighted by molar-refractivity contribution is 5.86. The van der Waals surface area contributed by atoms with Gasteiger partial charge in [0, 0.05) is 32.5 Å². The molecule has 2 fully saturated rings. The first-order valence-electron chi connectivity index (χ1n) is 10.5. The molecule has 186 valence electrons. The van der Waals surface area contributed by atoms with Gasteiger partial charge < -0.3 is 49.2 Å². The Hall–Kier alpha value is -1.22. The van der Waals surface area contributed by atoms with E-state index in [9.17, 15) is 35.1 Å². The molecule has 2 aliphatic heterocycles. The van der Waals surface area contributed by atoms with Gasteiger partial charge in [0.25, 0.3) is 0 Å². The van der Waals surface area contributed by atoms with Gasteiger partial charge >= 0.3 is 5.97 Å². The van der Waals surface area contributed by atoms with Gasteiger partial charge in [-0.05, 0) is 0 Å². The Morgan fingerprint density at radius 2 is 1.38 bits per heavy atom. The number of hydrogen-bond donors (Lipinski definition) is 5. The van der Waals surface area contributed by atoms with Crippen LogP contribution in [0, 0.1) is 11.8 Å². The molecule has 2 heterocycles. The monoisotopic (exact) mass is 466 g/mol. The summed E-state index contributed by atoms with van der Waals surface area (Å²) in [6.07, 6.45) is -11.4. The van der Waals surface area contributed by atoms with Crippen LogP contribution in [0.5, 0.6) is 0 Å². The number of hydrogen-bond acceptors (Lipinski definition) is 12. The molecule has 12 nitrogen and oxygen atoms in total. The van der Waals surface area contributed by atoms with E-state index < -0.39 is 78.9 Å². The summed E-state index contributed by atoms with van der Waals surface area (Å²) < 4.78 is 25.9. The second-order valence-electron chi connectivity index (χ2n) is 8.26. The number of Topliss-reactive ketones (excluding diaryl/α,β-unsaturated/α-hetero) is 1. The Morgan fingerprint density at radius 1 is 0.844 bits per heavy atom. The number of ketones is 1. The van der Waals surface area contributed by atoms with E-state index in [2.05, 4.69) is 0 Å². The number of aliphatic hydroxyl groups excluding tert-OH is 5. The van der Waals surface area contributed by atoms with Crippen molar-refractivity contribution in [2.75, 3.05) is 20.8 Å². The van der Waals surface area contributed by atoms with Crippen molar-refractivity contribution in [3.63, 3.8) is 0 Å². The van der Waals surface area contributed by atoms with E-state index in [4.69, 9.17) is 23.7 Å². The molecule has 5 N–H and O–H groups in total. The smallest absolute Gasteiger partial charge is 0.306 e. The van der Waals surface area contributed by atoms with E-state index >= 15 is 0 Å². The number of aliphatic hydroxyl groups is 5. The van der Waals surface area contributed by atoms with Crippen LogP contribution in [0.25, 0.3) is 0 Å².